The second kappa shape index (κ2) is 4.97. The molecule has 1 saturated heterocycles. The van der Waals surface area contributed by atoms with Gasteiger partial charge in [0.2, 0.25) is 0 Å². The molecule has 3 rings (SSSR count). The first kappa shape index (κ1) is 12.1. The number of carbonyl (C=O) groups is 1. The number of carboxylic acids is 1. The zero-order valence-electron chi connectivity index (χ0n) is 10.5. The Kier molecular flexibility index (Phi) is 3.16. The van der Waals surface area contributed by atoms with Gasteiger partial charge < -0.3 is 9.84 Å². The minimum absolute atomic E-state index is 0.204. The van der Waals surface area contributed by atoms with Crippen molar-refractivity contribution in [2.75, 3.05) is 13.2 Å². The molecule has 2 heterocycles. The summed E-state index contributed by atoms with van der Waals surface area (Å²) in [5.41, 5.74) is 1.45. The molecule has 0 bridgehead atoms. The first-order valence-electron chi connectivity index (χ1n) is 6.39. The summed E-state index contributed by atoms with van der Waals surface area (Å²) in [5.74, 6) is -0.448. The summed E-state index contributed by atoms with van der Waals surface area (Å²) in [5, 5.41) is 17.2. The van der Waals surface area contributed by atoms with E-state index < -0.39 is 5.97 Å². The highest BCUT2D eigenvalue weighted by Gasteiger charge is 2.18. The molecule has 0 aliphatic carbocycles. The zero-order valence-corrected chi connectivity index (χ0v) is 10.5. The lowest BCUT2D eigenvalue weighted by Gasteiger charge is -2.21. The number of hydrogen-bond acceptors (Lipinski definition) is 4. The molecule has 0 atom stereocenters. The van der Waals surface area contributed by atoms with Gasteiger partial charge in [-0.05, 0) is 30.9 Å². The van der Waals surface area contributed by atoms with Crippen LogP contribution in [-0.4, -0.2) is 39.3 Å². The van der Waals surface area contributed by atoms with Gasteiger partial charge in [0.25, 0.3) is 0 Å². The van der Waals surface area contributed by atoms with Gasteiger partial charge in [-0.15, -0.1) is 5.10 Å². The zero-order chi connectivity index (χ0) is 13.2. The quantitative estimate of drug-likeness (QED) is 0.907. The topological polar surface area (TPSA) is 77.2 Å². The lowest BCUT2D eigenvalue weighted by atomic mass is 10.0. The van der Waals surface area contributed by atoms with Crippen molar-refractivity contribution in [2.45, 2.75) is 19.4 Å². The van der Waals surface area contributed by atoms with E-state index in [2.05, 4.69) is 10.3 Å². The molecular formula is C13H15N3O3. The Bertz CT molecular complexity index is 602. The number of aromatic carboxylic acids is 1. The van der Waals surface area contributed by atoms with E-state index in [9.17, 15) is 4.79 Å². The van der Waals surface area contributed by atoms with Gasteiger partial charge in [0.15, 0.2) is 0 Å². The Balaban J connectivity index is 1.92. The average molecular weight is 261 g/mol. The SMILES string of the molecule is O=C(O)c1cccc2c1nnn2CC1CCOCC1. The molecule has 1 aliphatic rings. The molecule has 1 aromatic carbocycles. The highest BCUT2D eigenvalue weighted by atomic mass is 16.5. The number of fused-ring (bicyclic) bond motifs is 1. The predicted molar refractivity (Wildman–Crippen MR) is 68.0 cm³/mol. The Morgan fingerprint density at radius 1 is 1.42 bits per heavy atom. The van der Waals surface area contributed by atoms with Crippen LogP contribution in [0.5, 0.6) is 0 Å². The lowest BCUT2D eigenvalue weighted by Crippen LogP contribution is -2.20. The maximum absolute atomic E-state index is 11.1. The number of ether oxygens (including phenoxy) is 1. The van der Waals surface area contributed by atoms with Crippen molar-refractivity contribution in [3.05, 3.63) is 23.8 Å². The molecular weight excluding hydrogens is 246 g/mol. The van der Waals surface area contributed by atoms with Crippen LogP contribution in [0.25, 0.3) is 11.0 Å². The molecule has 0 spiro atoms. The maximum Gasteiger partial charge on any atom is 0.338 e. The second-order valence-corrected chi connectivity index (χ2v) is 4.81. The van der Waals surface area contributed by atoms with E-state index in [1.54, 1.807) is 16.8 Å². The lowest BCUT2D eigenvalue weighted by molar-refractivity contribution is 0.0604. The third kappa shape index (κ3) is 2.31. The van der Waals surface area contributed by atoms with Crippen LogP contribution in [0.15, 0.2) is 18.2 Å². The monoisotopic (exact) mass is 261 g/mol. The van der Waals surface area contributed by atoms with E-state index in [1.807, 2.05) is 6.07 Å². The van der Waals surface area contributed by atoms with E-state index in [-0.39, 0.29) is 5.56 Å². The van der Waals surface area contributed by atoms with Crippen LogP contribution in [0.2, 0.25) is 0 Å². The fourth-order valence-corrected chi connectivity index (χ4v) is 2.47. The molecule has 1 N–H and O–H groups in total. The Labute approximate surface area is 110 Å². The first-order valence-corrected chi connectivity index (χ1v) is 6.39. The number of nitrogens with zero attached hydrogens (tertiary/aromatic N) is 3. The van der Waals surface area contributed by atoms with E-state index in [0.717, 1.165) is 38.1 Å². The van der Waals surface area contributed by atoms with Gasteiger partial charge >= 0.3 is 5.97 Å². The number of carboxylic acid groups (broad SMARTS) is 1. The van der Waals surface area contributed by atoms with E-state index in [4.69, 9.17) is 9.84 Å². The fraction of sp³-hybridized carbons (Fsp3) is 0.462. The summed E-state index contributed by atoms with van der Waals surface area (Å²) in [6.07, 6.45) is 2.03. The average Bonchev–Trinajstić information content (AvgIpc) is 2.83. The van der Waals surface area contributed by atoms with Crippen LogP contribution in [-0.2, 0) is 11.3 Å². The molecule has 2 aromatic rings. The molecule has 0 radical (unpaired) electrons. The van der Waals surface area contributed by atoms with Crippen molar-refractivity contribution in [2.24, 2.45) is 5.92 Å². The fourth-order valence-electron chi connectivity index (χ4n) is 2.47. The smallest absolute Gasteiger partial charge is 0.338 e. The number of rotatable bonds is 3. The van der Waals surface area contributed by atoms with Crippen LogP contribution in [0.3, 0.4) is 0 Å². The van der Waals surface area contributed by atoms with Crippen molar-refractivity contribution < 1.29 is 14.6 Å². The molecule has 6 heteroatoms. The van der Waals surface area contributed by atoms with E-state index in [1.165, 1.54) is 0 Å². The molecule has 1 aromatic heterocycles. The van der Waals surface area contributed by atoms with Crippen molar-refractivity contribution >= 4 is 17.0 Å². The Morgan fingerprint density at radius 2 is 2.21 bits per heavy atom. The summed E-state index contributed by atoms with van der Waals surface area (Å²) in [6.45, 7) is 2.35. The van der Waals surface area contributed by atoms with Crippen LogP contribution < -0.4 is 0 Å². The number of aromatic nitrogens is 3. The van der Waals surface area contributed by atoms with Gasteiger partial charge in [-0.3, -0.25) is 0 Å². The number of hydrogen-bond donors (Lipinski definition) is 1. The Hall–Kier alpha value is -1.95. The molecule has 0 saturated carbocycles. The van der Waals surface area contributed by atoms with Crippen molar-refractivity contribution in [1.29, 1.82) is 0 Å². The molecule has 19 heavy (non-hydrogen) atoms. The molecule has 0 amide bonds. The third-order valence-electron chi connectivity index (χ3n) is 3.55. The van der Waals surface area contributed by atoms with Crippen LogP contribution in [0, 0.1) is 5.92 Å². The molecule has 1 fully saturated rings. The van der Waals surface area contributed by atoms with Crippen LogP contribution in [0.1, 0.15) is 23.2 Å². The molecule has 1 aliphatic heterocycles. The van der Waals surface area contributed by atoms with Crippen LogP contribution >= 0.6 is 0 Å². The third-order valence-corrected chi connectivity index (χ3v) is 3.55. The summed E-state index contributed by atoms with van der Waals surface area (Å²) in [6, 6.07) is 5.15. The van der Waals surface area contributed by atoms with E-state index >= 15 is 0 Å². The number of benzene rings is 1. The summed E-state index contributed by atoms with van der Waals surface area (Å²) >= 11 is 0. The summed E-state index contributed by atoms with van der Waals surface area (Å²) < 4.78 is 7.14. The standard InChI is InChI=1S/C13H15N3O3/c17-13(18)10-2-1-3-11-12(10)14-15-16(11)8-9-4-6-19-7-5-9/h1-3,9H,4-8H2,(H,17,18). The highest BCUT2D eigenvalue weighted by molar-refractivity contribution is 6.00. The van der Waals surface area contributed by atoms with Gasteiger partial charge in [0.05, 0.1) is 11.1 Å². The normalized spacial score (nSPS) is 16.8. The van der Waals surface area contributed by atoms with Crippen molar-refractivity contribution in [1.82, 2.24) is 15.0 Å². The van der Waals surface area contributed by atoms with Crippen LogP contribution in [0.4, 0.5) is 0 Å². The molecule has 0 unspecified atom stereocenters. The summed E-state index contributed by atoms with van der Waals surface area (Å²) in [7, 11) is 0. The van der Waals surface area contributed by atoms with E-state index in [0.29, 0.717) is 11.4 Å². The van der Waals surface area contributed by atoms with Gasteiger partial charge in [0, 0.05) is 19.8 Å². The molecule has 100 valence electrons. The first-order chi connectivity index (χ1) is 9.25. The van der Waals surface area contributed by atoms with Crippen molar-refractivity contribution in [3.63, 3.8) is 0 Å². The predicted octanol–water partition coefficient (Wildman–Crippen LogP) is 1.56. The van der Waals surface area contributed by atoms with Crippen molar-refractivity contribution in [3.8, 4) is 0 Å². The van der Waals surface area contributed by atoms with Gasteiger partial charge in [-0.25, -0.2) is 9.48 Å². The van der Waals surface area contributed by atoms with Gasteiger partial charge in [0.1, 0.15) is 5.52 Å². The van der Waals surface area contributed by atoms with Gasteiger partial charge in [-0.2, -0.15) is 0 Å². The van der Waals surface area contributed by atoms with Gasteiger partial charge in [-0.1, -0.05) is 11.3 Å². The minimum atomic E-state index is -0.969. The summed E-state index contributed by atoms with van der Waals surface area (Å²) in [4.78, 5) is 11.1. The minimum Gasteiger partial charge on any atom is -0.478 e. The largest absolute Gasteiger partial charge is 0.478 e. The Morgan fingerprint density at radius 3 is 2.95 bits per heavy atom. The maximum atomic E-state index is 11.1. The second-order valence-electron chi connectivity index (χ2n) is 4.81. The highest BCUT2D eigenvalue weighted by Crippen LogP contribution is 2.21. The molecule has 6 nitrogen and oxygen atoms in total.